The monoisotopic (exact) mass is 702 g/mol. The highest BCUT2D eigenvalue weighted by molar-refractivity contribution is 9.10. The molecule has 0 radical (unpaired) electrons. The summed E-state index contributed by atoms with van der Waals surface area (Å²) in [7, 11) is 0. The van der Waals surface area contributed by atoms with Crippen LogP contribution in [0.5, 0.6) is 0 Å². The van der Waals surface area contributed by atoms with Gasteiger partial charge < -0.3 is 19.6 Å². The van der Waals surface area contributed by atoms with Gasteiger partial charge >= 0.3 is 17.9 Å². The van der Waals surface area contributed by atoms with Crippen molar-refractivity contribution < 1.29 is 33.4 Å². The molecule has 2 aromatic rings. The number of nitrogens with one attached hydrogen (secondary N) is 1. The summed E-state index contributed by atoms with van der Waals surface area (Å²) in [6.45, 7) is 5.78. The number of hydrazone groups is 1. The van der Waals surface area contributed by atoms with Gasteiger partial charge in [0.15, 0.2) is 5.71 Å². The standard InChI is InChI=1S/C12H11BrN2O3.C8H10O4.C6H7BrN2.ClH/c1-2-18-12(17)10-7-11(16)15(14-10)9-5-3-8(13)4-6-9;1-3-11-7(9)5-6-8(10)12-4-2;7-5-1-3-6(9-8)4-2-5;/h3-6H,2,7H2,1H3;3-4H2,1-2H3;1-4,9H,8H2;1H. The molecule has 1 aliphatic rings. The van der Waals surface area contributed by atoms with Gasteiger partial charge in [-0.1, -0.05) is 31.9 Å². The molecule has 0 saturated carbocycles. The molecule has 0 aliphatic carbocycles. The number of benzene rings is 2. The molecular weight excluding hydrogens is 676 g/mol. The third-order valence-corrected chi connectivity index (χ3v) is 5.24. The quantitative estimate of drug-likeness (QED) is 0.112. The van der Waals surface area contributed by atoms with E-state index in [0.717, 1.165) is 14.6 Å². The molecule has 11 nitrogen and oxygen atoms in total. The van der Waals surface area contributed by atoms with Crippen molar-refractivity contribution in [2.45, 2.75) is 27.2 Å². The van der Waals surface area contributed by atoms with Crippen molar-refractivity contribution in [1.29, 1.82) is 0 Å². The third kappa shape index (κ3) is 14.1. The first-order valence-electron chi connectivity index (χ1n) is 11.6. The number of carbonyl (C=O) groups excluding carboxylic acids is 4. The van der Waals surface area contributed by atoms with Crippen LogP contribution >= 0.6 is 44.3 Å². The minimum Gasteiger partial charge on any atom is -0.461 e. The molecule has 0 bridgehead atoms. The lowest BCUT2D eigenvalue weighted by Gasteiger charge is -2.10. The van der Waals surface area contributed by atoms with Gasteiger partial charge in [-0.15, -0.1) is 12.4 Å². The molecule has 0 atom stereocenters. The Morgan fingerprint density at radius 2 is 1.32 bits per heavy atom. The highest BCUT2D eigenvalue weighted by atomic mass is 79.9. The van der Waals surface area contributed by atoms with E-state index in [0.29, 0.717) is 5.69 Å². The zero-order valence-electron chi connectivity index (χ0n) is 21.9. The molecule has 216 valence electrons. The number of nitrogen functional groups attached to an aromatic ring is 1. The Kier molecular flexibility index (Phi) is 18.7. The molecule has 40 heavy (non-hydrogen) atoms. The van der Waals surface area contributed by atoms with Crippen LogP contribution in [0.15, 0.2) is 62.6 Å². The molecule has 0 saturated heterocycles. The summed E-state index contributed by atoms with van der Waals surface area (Å²) in [5.41, 5.74) is 4.22. The average Bonchev–Trinajstić information content (AvgIpc) is 3.31. The maximum Gasteiger partial charge on any atom is 0.384 e. The minimum absolute atomic E-state index is 0. The van der Waals surface area contributed by atoms with E-state index in [4.69, 9.17) is 10.6 Å². The van der Waals surface area contributed by atoms with E-state index in [1.54, 1.807) is 45.0 Å². The lowest BCUT2D eigenvalue weighted by Crippen LogP contribution is -2.19. The molecule has 3 N–H and O–H groups in total. The van der Waals surface area contributed by atoms with Gasteiger partial charge in [0.05, 0.1) is 31.9 Å². The number of esters is 3. The molecule has 3 rings (SSSR count). The molecule has 0 fully saturated rings. The summed E-state index contributed by atoms with van der Waals surface area (Å²) in [6.07, 6.45) is -0.0190. The largest absolute Gasteiger partial charge is 0.461 e. The van der Waals surface area contributed by atoms with Crippen molar-refractivity contribution in [3.8, 4) is 11.8 Å². The topological polar surface area (TPSA) is 150 Å². The number of nitrogens with zero attached hydrogens (tertiary/aromatic N) is 2. The van der Waals surface area contributed by atoms with Crippen molar-refractivity contribution in [3.05, 3.63) is 57.5 Å². The van der Waals surface area contributed by atoms with Gasteiger partial charge in [0.1, 0.15) is 0 Å². The molecule has 0 unspecified atom stereocenters. The summed E-state index contributed by atoms with van der Waals surface area (Å²) in [5, 5.41) is 5.22. The number of amides is 1. The van der Waals surface area contributed by atoms with Gasteiger partial charge in [0, 0.05) is 26.5 Å². The lowest BCUT2D eigenvalue weighted by molar-refractivity contribution is -0.138. The molecule has 0 aromatic heterocycles. The SMILES string of the molecule is CCOC(=O)C#CC(=O)OCC.CCOC(=O)C1=NN(c2ccc(Br)cc2)C(=O)C1.Cl.NNc1ccc(Br)cc1. The van der Waals surface area contributed by atoms with Crippen molar-refractivity contribution in [3.63, 3.8) is 0 Å². The number of carbonyl (C=O) groups is 4. The Morgan fingerprint density at radius 3 is 1.75 bits per heavy atom. The summed E-state index contributed by atoms with van der Waals surface area (Å²) in [5.74, 6) is 6.89. The normalized spacial score (nSPS) is 11.0. The molecule has 1 amide bonds. The number of halogens is 3. The maximum atomic E-state index is 11.8. The van der Waals surface area contributed by atoms with Gasteiger partial charge in [0.2, 0.25) is 0 Å². The van der Waals surface area contributed by atoms with Gasteiger partial charge in [-0.3, -0.25) is 10.6 Å². The Hall–Kier alpha value is -3.44. The molecule has 1 aliphatic heterocycles. The smallest absolute Gasteiger partial charge is 0.384 e. The van der Waals surface area contributed by atoms with E-state index in [-0.39, 0.29) is 50.3 Å². The Labute approximate surface area is 255 Å². The lowest BCUT2D eigenvalue weighted by atomic mass is 10.2. The second-order valence-corrected chi connectivity index (χ2v) is 8.80. The summed E-state index contributed by atoms with van der Waals surface area (Å²) >= 11 is 6.62. The zero-order valence-corrected chi connectivity index (χ0v) is 25.9. The fraction of sp³-hybridized carbons (Fsp3) is 0.269. The third-order valence-electron chi connectivity index (χ3n) is 4.19. The molecule has 1 heterocycles. The zero-order chi connectivity index (χ0) is 29.2. The van der Waals surface area contributed by atoms with Crippen LogP contribution in [-0.2, 0) is 33.4 Å². The van der Waals surface area contributed by atoms with Crippen LogP contribution < -0.4 is 16.3 Å². The highest BCUT2D eigenvalue weighted by Gasteiger charge is 2.30. The predicted octanol–water partition coefficient (Wildman–Crippen LogP) is 4.38. The molecular formula is C26H29Br2ClN4O7. The van der Waals surface area contributed by atoms with Gasteiger partial charge in [-0.05, 0) is 69.3 Å². The van der Waals surface area contributed by atoms with Crippen LogP contribution in [0, 0.1) is 11.8 Å². The van der Waals surface area contributed by atoms with E-state index in [1.807, 2.05) is 36.1 Å². The Morgan fingerprint density at radius 1 is 0.875 bits per heavy atom. The molecule has 0 spiro atoms. The van der Waals surface area contributed by atoms with Crippen LogP contribution in [0.3, 0.4) is 0 Å². The number of anilines is 2. The number of rotatable bonds is 6. The van der Waals surface area contributed by atoms with Crippen LogP contribution in [0.4, 0.5) is 11.4 Å². The van der Waals surface area contributed by atoms with E-state index < -0.39 is 17.9 Å². The number of hydrogen-bond acceptors (Lipinski definition) is 10. The number of ether oxygens (including phenoxy) is 3. The van der Waals surface area contributed by atoms with Crippen molar-refractivity contribution in [2.24, 2.45) is 10.9 Å². The first-order valence-corrected chi connectivity index (χ1v) is 13.1. The van der Waals surface area contributed by atoms with Crippen molar-refractivity contribution in [1.82, 2.24) is 0 Å². The summed E-state index contributed by atoms with van der Waals surface area (Å²) in [4.78, 5) is 44.3. The van der Waals surface area contributed by atoms with E-state index >= 15 is 0 Å². The highest BCUT2D eigenvalue weighted by Crippen LogP contribution is 2.23. The second-order valence-electron chi connectivity index (χ2n) is 6.97. The van der Waals surface area contributed by atoms with Crippen LogP contribution in [0.1, 0.15) is 27.2 Å². The fourth-order valence-corrected chi connectivity index (χ4v) is 3.05. The van der Waals surface area contributed by atoms with Crippen LogP contribution in [0.2, 0.25) is 0 Å². The number of nitrogens with two attached hydrogens (primary N) is 1. The second kappa shape index (κ2) is 20.5. The summed E-state index contributed by atoms with van der Waals surface area (Å²) in [6, 6.07) is 14.7. The van der Waals surface area contributed by atoms with E-state index in [2.05, 4.69) is 51.9 Å². The van der Waals surface area contributed by atoms with E-state index in [9.17, 15) is 19.2 Å². The number of hydrogen-bond donors (Lipinski definition) is 2. The van der Waals surface area contributed by atoms with Crippen LogP contribution in [0.25, 0.3) is 0 Å². The van der Waals surface area contributed by atoms with Crippen LogP contribution in [-0.4, -0.2) is 49.3 Å². The molecule has 2 aromatic carbocycles. The predicted molar refractivity (Wildman–Crippen MR) is 161 cm³/mol. The van der Waals surface area contributed by atoms with Gasteiger partial charge in [-0.25, -0.2) is 14.4 Å². The van der Waals surface area contributed by atoms with Crippen molar-refractivity contribution >= 4 is 85.2 Å². The van der Waals surface area contributed by atoms with E-state index in [1.165, 1.54) is 5.01 Å². The minimum atomic E-state index is -0.717. The van der Waals surface area contributed by atoms with Gasteiger partial charge in [-0.2, -0.15) is 10.1 Å². The Balaban J connectivity index is 0.000000603. The fourth-order valence-electron chi connectivity index (χ4n) is 2.52. The van der Waals surface area contributed by atoms with Crippen molar-refractivity contribution in [2.75, 3.05) is 30.3 Å². The maximum absolute atomic E-state index is 11.8. The molecule has 14 heteroatoms. The average molecular weight is 705 g/mol. The Bertz CT molecular complexity index is 1190. The first kappa shape index (κ1) is 36.6. The first-order chi connectivity index (χ1) is 18.6. The van der Waals surface area contributed by atoms with Gasteiger partial charge in [0.25, 0.3) is 5.91 Å². The summed E-state index contributed by atoms with van der Waals surface area (Å²) < 4.78 is 15.7. The number of hydrazine groups is 1.